The average molecular weight is 285 g/mol. The molecule has 0 spiro atoms. The summed E-state index contributed by atoms with van der Waals surface area (Å²) in [6, 6.07) is 7.67. The molecule has 0 radical (unpaired) electrons. The summed E-state index contributed by atoms with van der Waals surface area (Å²) in [7, 11) is 0. The second-order valence-electron chi connectivity index (χ2n) is 3.95. The number of anilines is 1. The minimum absolute atomic E-state index is 0.230. The Hall–Kier alpha value is -1.20. The van der Waals surface area contributed by atoms with Crippen LogP contribution in [0.1, 0.15) is 5.56 Å². The molecule has 2 rings (SSSR count). The van der Waals surface area contributed by atoms with Crippen LogP contribution >= 0.6 is 23.4 Å². The molecule has 18 heavy (non-hydrogen) atoms. The van der Waals surface area contributed by atoms with Crippen LogP contribution < -0.4 is 5.32 Å². The summed E-state index contributed by atoms with van der Waals surface area (Å²) in [5, 5.41) is 2.25. The monoisotopic (exact) mass is 284 g/mol. The molecule has 0 bridgehead atoms. The number of hydrogen-bond donors (Lipinski definition) is 1. The van der Waals surface area contributed by atoms with Gasteiger partial charge in [-0.2, -0.15) is 0 Å². The number of alkyl halides is 1. The second-order valence-corrected chi connectivity index (χ2v) is 5.39. The number of nitrogens with one attached hydrogen (secondary N) is 1. The van der Waals surface area contributed by atoms with Gasteiger partial charge in [0.1, 0.15) is 0 Å². The second kappa shape index (κ2) is 5.63. The van der Waals surface area contributed by atoms with Crippen LogP contribution in [0.5, 0.6) is 0 Å². The van der Waals surface area contributed by atoms with Gasteiger partial charge in [0.25, 0.3) is 11.1 Å². The van der Waals surface area contributed by atoms with Gasteiger partial charge >= 0.3 is 0 Å². The lowest BCUT2D eigenvalue weighted by Crippen LogP contribution is -2.35. The smallest absolute Gasteiger partial charge is 0.290 e. The van der Waals surface area contributed by atoms with E-state index in [1.165, 1.54) is 4.90 Å². The molecule has 6 heteroatoms. The summed E-state index contributed by atoms with van der Waals surface area (Å²) in [4.78, 5) is 24.7. The van der Waals surface area contributed by atoms with E-state index in [0.29, 0.717) is 0 Å². The zero-order chi connectivity index (χ0) is 13.1. The van der Waals surface area contributed by atoms with Gasteiger partial charge in [0.2, 0.25) is 0 Å². The molecule has 0 aromatic heterocycles. The molecular weight excluding hydrogens is 272 g/mol. The van der Waals surface area contributed by atoms with Gasteiger partial charge in [-0.25, -0.2) is 0 Å². The highest BCUT2D eigenvalue weighted by Gasteiger charge is 2.39. The Balaban J connectivity index is 2.05. The minimum atomic E-state index is -0.552. The molecule has 1 heterocycles. The molecule has 1 aromatic carbocycles. The van der Waals surface area contributed by atoms with Gasteiger partial charge in [0, 0.05) is 18.1 Å². The van der Waals surface area contributed by atoms with Crippen LogP contribution in [-0.2, 0) is 4.79 Å². The number of hydrogen-bond acceptors (Lipinski definition) is 4. The number of rotatable bonds is 4. The third-order valence-electron chi connectivity index (χ3n) is 2.59. The maximum absolute atomic E-state index is 11.9. The van der Waals surface area contributed by atoms with Crippen molar-refractivity contribution < 1.29 is 9.59 Å². The fraction of sp³-hybridized carbons (Fsp3) is 0.333. The van der Waals surface area contributed by atoms with E-state index in [2.05, 4.69) is 5.32 Å². The van der Waals surface area contributed by atoms with Gasteiger partial charge in [-0.15, -0.1) is 11.6 Å². The van der Waals surface area contributed by atoms with Crippen LogP contribution in [-0.4, -0.2) is 33.8 Å². The first kappa shape index (κ1) is 13.2. The summed E-state index contributed by atoms with van der Waals surface area (Å²) in [5.74, 6) is 0.0289. The molecule has 1 aliphatic rings. The molecule has 0 aliphatic carbocycles. The summed E-state index contributed by atoms with van der Waals surface area (Å²) >= 11 is 6.55. The molecule has 4 nitrogen and oxygen atoms in total. The molecule has 1 aliphatic heterocycles. The fourth-order valence-corrected chi connectivity index (χ4v) is 2.73. The van der Waals surface area contributed by atoms with Gasteiger partial charge in [-0.1, -0.05) is 17.7 Å². The van der Waals surface area contributed by atoms with Crippen molar-refractivity contribution in [1.29, 1.82) is 0 Å². The molecule has 1 fully saturated rings. The number of carbonyl (C=O) groups excluding carboxylic acids is 2. The lowest BCUT2D eigenvalue weighted by molar-refractivity contribution is -0.126. The van der Waals surface area contributed by atoms with Crippen LogP contribution in [0.15, 0.2) is 24.3 Å². The summed E-state index contributed by atoms with van der Waals surface area (Å²) in [6.45, 7) is 2.25. The number of imide groups is 1. The van der Waals surface area contributed by atoms with Crippen molar-refractivity contribution in [1.82, 2.24) is 4.90 Å². The predicted molar refractivity (Wildman–Crippen MR) is 74.0 cm³/mol. The molecule has 1 N–H and O–H groups in total. The maximum atomic E-state index is 11.9. The van der Waals surface area contributed by atoms with Gasteiger partial charge < -0.3 is 5.32 Å². The van der Waals surface area contributed by atoms with Crippen molar-refractivity contribution in [3.8, 4) is 0 Å². The number of thioether (sulfide) groups is 1. The van der Waals surface area contributed by atoms with E-state index in [9.17, 15) is 9.59 Å². The van der Waals surface area contributed by atoms with Gasteiger partial charge in [0.05, 0.1) is 0 Å². The molecule has 1 aromatic rings. The fourth-order valence-electron chi connectivity index (χ4n) is 1.62. The Bertz CT molecular complexity index is 464. The number of nitrogens with zero attached hydrogens (tertiary/aromatic N) is 1. The first-order chi connectivity index (χ1) is 8.61. The SMILES string of the molecule is Cc1ccc(N[C@H]2SC(=O)N(CCCl)C2=O)cc1. The van der Waals surface area contributed by atoms with Crippen LogP contribution in [0.25, 0.3) is 0 Å². The van der Waals surface area contributed by atoms with Crippen molar-refractivity contribution in [2.24, 2.45) is 0 Å². The number of aryl methyl sites for hydroxylation is 1. The zero-order valence-corrected chi connectivity index (χ0v) is 11.4. The lowest BCUT2D eigenvalue weighted by Gasteiger charge is -2.13. The lowest BCUT2D eigenvalue weighted by atomic mass is 10.2. The van der Waals surface area contributed by atoms with Crippen molar-refractivity contribution in [3.05, 3.63) is 29.8 Å². The summed E-state index contributed by atoms with van der Waals surface area (Å²) in [5.41, 5.74) is 1.97. The van der Waals surface area contributed by atoms with Crippen LogP contribution in [0.2, 0.25) is 0 Å². The van der Waals surface area contributed by atoms with E-state index in [1.54, 1.807) is 0 Å². The third-order valence-corrected chi connectivity index (χ3v) is 3.73. The number of amides is 2. The molecule has 2 amide bonds. The molecule has 96 valence electrons. The van der Waals surface area contributed by atoms with Crippen molar-refractivity contribution >= 4 is 40.2 Å². The molecular formula is C12H13ClN2O2S. The first-order valence-electron chi connectivity index (χ1n) is 5.53. The largest absolute Gasteiger partial charge is 0.365 e. The maximum Gasteiger partial charge on any atom is 0.290 e. The molecule has 0 saturated carbocycles. The Labute approximate surface area is 115 Å². The van der Waals surface area contributed by atoms with E-state index < -0.39 is 5.37 Å². The topological polar surface area (TPSA) is 49.4 Å². The van der Waals surface area contributed by atoms with Crippen molar-refractivity contribution in [2.45, 2.75) is 12.3 Å². The molecule has 0 unspecified atom stereocenters. The van der Waals surface area contributed by atoms with E-state index in [-0.39, 0.29) is 23.6 Å². The average Bonchev–Trinajstić information content (AvgIpc) is 2.60. The Morgan fingerprint density at radius 1 is 1.33 bits per heavy atom. The molecule has 1 saturated heterocycles. The number of carbonyl (C=O) groups is 2. The van der Waals surface area contributed by atoms with E-state index in [1.807, 2.05) is 31.2 Å². The highest BCUT2D eigenvalue weighted by atomic mass is 35.5. The quantitative estimate of drug-likeness (QED) is 0.864. The first-order valence-corrected chi connectivity index (χ1v) is 6.94. The van der Waals surface area contributed by atoms with Crippen LogP contribution in [0.3, 0.4) is 0 Å². The van der Waals surface area contributed by atoms with Gasteiger partial charge in [-0.05, 0) is 30.8 Å². The highest BCUT2D eigenvalue weighted by Crippen LogP contribution is 2.28. The summed E-state index contributed by atoms with van der Waals surface area (Å²) in [6.07, 6.45) is 0. The molecule has 1 atom stereocenters. The van der Waals surface area contributed by atoms with Gasteiger partial charge in [-0.3, -0.25) is 14.5 Å². The van der Waals surface area contributed by atoms with Crippen LogP contribution in [0, 0.1) is 6.92 Å². The Morgan fingerprint density at radius 3 is 2.61 bits per heavy atom. The minimum Gasteiger partial charge on any atom is -0.365 e. The van der Waals surface area contributed by atoms with E-state index in [0.717, 1.165) is 23.0 Å². The third kappa shape index (κ3) is 2.79. The van der Waals surface area contributed by atoms with E-state index >= 15 is 0 Å². The van der Waals surface area contributed by atoms with Crippen LogP contribution in [0.4, 0.5) is 10.5 Å². The Morgan fingerprint density at radius 2 is 2.00 bits per heavy atom. The summed E-state index contributed by atoms with van der Waals surface area (Å²) < 4.78 is 0. The number of benzene rings is 1. The van der Waals surface area contributed by atoms with E-state index in [4.69, 9.17) is 11.6 Å². The number of halogens is 1. The standard InChI is InChI=1S/C12H13ClN2O2S/c1-8-2-4-9(5-3-8)14-10-11(16)15(7-6-13)12(17)18-10/h2-5,10,14H,6-7H2,1H3/t10-/m0/s1. The highest BCUT2D eigenvalue weighted by molar-refractivity contribution is 8.15. The zero-order valence-electron chi connectivity index (χ0n) is 9.85. The van der Waals surface area contributed by atoms with Gasteiger partial charge in [0.15, 0.2) is 5.37 Å². The normalized spacial score (nSPS) is 19.4. The Kier molecular flexibility index (Phi) is 4.14. The predicted octanol–water partition coefficient (Wildman–Crippen LogP) is 2.67. The van der Waals surface area contributed by atoms with Crippen molar-refractivity contribution in [2.75, 3.05) is 17.7 Å². The van der Waals surface area contributed by atoms with Crippen molar-refractivity contribution in [3.63, 3.8) is 0 Å².